The first-order valence-corrected chi connectivity index (χ1v) is 6.88. The number of benzene rings is 1. The van der Waals surface area contributed by atoms with Gasteiger partial charge in [0, 0.05) is 12.0 Å². The summed E-state index contributed by atoms with van der Waals surface area (Å²) < 4.78 is 19.3. The minimum atomic E-state index is -0.847. The van der Waals surface area contributed by atoms with Gasteiger partial charge < -0.3 is 10.5 Å². The van der Waals surface area contributed by atoms with Crippen molar-refractivity contribution in [3.05, 3.63) is 28.5 Å². The lowest BCUT2D eigenvalue weighted by molar-refractivity contribution is 0.0996. The van der Waals surface area contributed by atoms with E-state index in [1.165, 1.54) is 6.07 Å². The fourth-order valence-electron chi connectivity index (χ4n) is 2.75. The third-order valence-corrected chi connectivity index (χ3v) is 5.31. The van der Waals surface area contributed by atoms with Gasteiger partial charge in [0.2, 0.25) is 0 Å². The summed E-state index contributed by atoms with van der Waals surface area (Å²) in [5.74, 6) is -0.941. The molecule has 0 atom stereocenters. The molecule has 1 fully saturated rings. The maximum atomic E-state index is 13.7. The van der Waals surface area contributed by atoms with Crippen LogP contribution in [0, 0.1) is 22.6 Å². The first kappa shape index (κ1) is 15.1. The van der Waals surface area contributed by atoms with Crippen LogP contribution in [0.25, 0.3) is 0 Å². The van der Waals surface area contributed by atoms with Crippen molar-refractivity contribution in [2.45, 2.75) is 27.7 Å². The Labute approximate surface area is 123 Å². The Kier molecular flexibility index (Phi) is 3.49. The highest BCUT2D eigenvalue weighted by Crippen LogP contribution is 2.68. The van der Waals surface area contributed by atoms with Crippen LogP contribution in [0.2, 0.25) is 5.02 Å². The lowest BCUT2D eigenvalue weighted by Gasteiger charge is -2.10. The van der Waals surface area contributed by atoms with Crippen LogP contribution in [0.3, 0.4) is 0 Å². The number of amides is 1. The molecule has 1 aromatic rings. The maximum absolute atomic E-state index is 13.7. The van der Waals surface area contributed by atoms with Crippen LogP contribution in [0.1, 0.15) is 38.1 Å². The van der Waals surface area contributed by atoms with E-state index in [1.54, 1.807) is 0 Å². The monoisotopic (exact) mass is 299 g/mol. The second-order valence-corrected chi connectivity index (χ2v) is 6.84. The van der Waals surface area contributed by atoms with E-state index in [-0.39, 0.29) is 27.2 Å². The van der Waals surface area contributed by atoms with E-state index < -0.39 is 11.7 Å². The number of carbonyl (C=O) groups is 1. The van der Waals surface area contributed by atoms with Gasteiger partial charge in [-0.1, -0.05) is 39.3 Å². The number of halogens is 2. The lowest BCUT2D eigenvalue weighted by atomic mass is 10.0. The van der Waals surface area contributed by atoms with Gasteiger partial charge >= 0.3 is 0 Å². The molecule has 2 N–H and O–H groups in total. The average molecular weight is 300 g/mol. The largest absolute Gasteiger partial charge is 0.492 e. The lowest BCUT2D eigenvalue weighted by Crippen LogP contribution is -2.13. The summed E-state index contributed by atoms with van der Waals surface area (Å²) >= 11 is 5.99. The molecule has 1 amide bonds. The molecule has 110 valence electrons. The predicted octanol–water partition coefficient (Wildman–Crippen LogP) is 3.64. The van der Waals surface area contributed by atoms with Crippen LogP contribution in [0.4, 0.5) is 4.39 Å². The van der Waals surface area contributed by atoms with Crippen molar-refractivity contribution in [2.24, 2.45) is 22.5 Å². The van der Waals surface area contributed by atoms with Crippen molar-refractivity contribution in [3.8, 4) is 5.75 Å². The van der Waals surface area contributed by atoms with Crippen LogP contribution in [-0.2, 0) is 0 Å². The third kappa shape index (κ3) is 2.26. The molecule has 1 aliphatic carbocycles. The summed E-state index contributed by atoms with van der Waals surface area (Å²) in [6.07, 6.45) is 0. The van der Waals surface area contributed by atoms with Crippen molar-refractivity contribution in [2.75, 3.05) is 6.61 Å². The number of nitrogens with two attached hydrogens (primary N) is 1. The highest BCUT2D eigenvalue weighted by molar-refractivity contribution is 6.32. The highest BCUT2D eigenvalue weighted by Gasteiger charge is 2.64. The van der Waals surface area contributed by atoms with Crippen LogP contribution in [0.15, 0.2) is 12.1 Å². The molecule has 20 heavy (non-hydrogen) atoms. The minimum Gasteiger partial charge on any atom is -0.492 e. The molecule has 0 radical (unpaired) electrons. The van der Waals surface area contributed by atoms with Gasteiger partial charge in [0.05, 0.1) is 17.2 Å². The Hall–Kier alpha value is -1.29. The van der Waals surface area contributed by atoms with Crippen molar-refractivity contribution in [1.82, 2.24) is 0 Å². The maximum Gasteiger partial charge on any atom is 0.251 e. The molecule has 2 rings (SSSR count). The molecule has 0 bridgehead atoms. The number of rotatable bonds is 4. The van der Waals surface area contributed by atoms with E-state index in [0.29, 0.717) is 12.5 Å². The average Bonchev–Trinajstić information content (AvgIpc) is 2.70. The molecule has 0 heterocycles. The van der Waals surface area contributed by atoms with Gasteiger partial charge in [-0.15, -0.1) is 0 Å². The molecule has 1 aromatic carbocycles. The van der Waals surface area contributed by atoms with Crippen LogP contribution in [-0.4, -0.2) is 12.5 Å². The fraction of sp³-hybridized carbons (Fsp3) is 0.533. The summed E-state index contributed by atoms with van der Waals surface area (Å²) in [4.78, 5) is 11.0. The molecule has 1 saturated carbocycles. The molecule has 0 unspecified atom stereocenters. The van der Waals surface area contributed by atoms with Crippen molar-refractivity contribution >= 4 is 17.5 Å². The predicted molar refractivity (Wildman–Crippen MR) is 76.5 cm³/mol. The number of hydrogen-bond donors (Lipinski definition) is 1. The summed E-state index contributed by atoms with van der Waals surface area (Å²) in [7, 11) is 0. The van der Waals surface area contributed by atoms with Gasteiger partial charge in [0.1, 0.15) is 11.6 Å². The Balaban J connectivity index is 2.12. The molecule has 3 nitrogen and oxygen atoms in total. The molecular weight excluding hydrogens is 281 g/mol. The van der Waals surface area contributed by atoms with E-state index in [4.69, 9.17) is 22.1 Å². The Morgan fingerprint density at radius 3 is 2.35 bits per heavy atom. The zero-order valence-electron chi connectivity index (χ0n) is 12.1. The van der Waals surface area contributed by atoms with E-state index in [1.807, 2.05) is 0 Å². The summed E-state index contributed by atoms with van der Waals surface area (Å²) in [5.41, 5.74) is 5.20. The van der Waals surface area contributed by atoms with Crippen molar-refractivity contribution in [3.63, 3.8) is 0 Å². The Morgan fingerprint density at radius 1 is 1.35 bits per heavy atom. The van der Waals surface area contributed by atoms with E-state index in [0.717, 1.165) is 6.07 Å². The van der Waals surface area contributed by atoms with Crippen molar-refractivity contribution < 1.29 is 13.9 Å². The van der Waals surface area contributed by atoms with Crippen LogP contribution >= 0.6 is 11.6 Å². The molecular formula is C15H19ClFNO2. The zero-order valence-corrected chi connectivity index (χ0v) is 12.8. The second-order valence-electron chi connectivity index (χ2n) is 6.43. The number of hydrogen-bond acceptors (Lipinski definition) is 2. The summed E-state index contributed by atoms with van der Waals surface area (Å²) in [6, 6.07) is 2.32. The second kappa shape index (κ2) is 4.62. The van der Waals surface area contributed by atoms with Crippen LogP contribution < -0.4 is 10.5 Å². The SMILES string of the molecule is CC1(C)C(COc2cc(F)c(C(N)=O)cc2Cl)C1(C)C. The van der Waals surface area contributed by atoms with Gasteiger partial charge in [0.25, 0.3) is 5.91 Å². The van der Waals surface area contributed by atoms with Gasteiger partial charge in [-0.05, 0) is 16.9 Å². The Morgan fingerprint density at radius 2 is 1.90 bits per heavy atom. The Bertz CT molecular complexity index is 555. The van der Waals surface area contributed by atoms with E-state index in [2.05, 4.69) is 27.7 Å². The first-order valence-electron chi connectivity index (χ1n) is 6.50. The summed E-state index contributed by atoms with van der Waals surface area (Å²) in [5, 5.41) is 0.191. The summed E-state index contributed by atoms with van der Waals surface area (Å²) in [6.45, 7) is 9.19. The molecule has 0 spiro atoms. The van der Waals surface area contributed by atoms with Gasteiger partial charge in [-0.3, -0.25) is 4.79 Å². The molecule has 5 heteroatoms. The first-order chi connectivity index (χ1) is 9.09. The smallest absolute Gasteiger partial charge is 0.251 e. The van der Waals surface area contributed by atoms with Gasteiger partial charge in [-0.2, -0.15) is 0 Å². The molecule has 0 aliphatic heterocycles. The fourth-order valence-corrected chi connectivity index (χ4v) is 2.97. The topological polar surface area (TPSA) is 52.3 Å². The minimum absolute atomic E-state index is 0.186. The normalized spacial score (nSPS) is 19.7. The molecule has 0 saturated heterocycles. The quantitative estimate of drug-likeness (QED) is 0.923. The highest BCUT2D eigenvalue weighted by atomic mass is 35.5. The molecule has 1 aliphatic rings. The van der Waals surface area contributed by atoms with Crippen molar-refractivity contribution in [1.29, 1.82) is 0 Å². The van der Waals surface area contributed by atoms with Crippen LogP contribution in [0.5, 0.6) is 5.75 Å². The van der Waals surface area contributed by atoms with E-state index in [9.17, 15) is 9.18 Å². The van der Waals surface area contributed by atoms with Gasteiger partial charge in [-0.25, -0.2) is 4.39 Å². The van der Waals surface area contributed by atoms with E-state index >= 15 is 0 Å². The number of ether oxygens (including phenoxy) is 1. The number of primary amides is 1. The molecule has 0 aromatic heterocycles. The van der Waals surface area contributed by atoms with Gasteiger partial charge in [0.15, 0.2) is 0 Å². The third-order valence-electron chi connectivity index (χ3n) is 5.01. The standard InChI is InChI=1S/C15H19ClFNO2/c1-14(2)12(15(14,3)4)7-20-11-6-10(17)8(13(18)19)5-9(11)16/h5-6,12H,7H2,1-4H3,(H2,18,19). The number of carbonyl (C=O) groups excluding carboxylic acids is 1. The zero-order chi connectivity index (χ0) is 15.3.